The van der Waals surface area contributed by atoms with E-state index in [0.29, 0.717) is 11.3 Å². The maximum Gasteiger partial charge on any atom is -0.00972 e. The van der Waals surface area contributed by atoms with Gasteiger partial charge in [-0.1, -0.05) is 147 Å². The van der Waals surface area contributed by atoms with Crippen LogP contribution in [0, 0.1) is 33.1 Å². The molecule has 0 aliphatic heterocycles. The fourth-order valence-electron chi connectivity index (χ4n) is 5.54. The van der Waals surface area contributed by atoms with E-state index in [1.165, 1.54) is 43.5 Å². The molecule has 38 heavy (non-hydrogen) atoms. The molecule has 0 saturated heterocycles. The lowest BCUT2D eigenvalue weighted by molar-refractivity contribution is 0.302. The van der Waals surface area contributed by atoms with Crippen molar-refractivity contribution in [2.45, 2.75) is 73.1 Å². The van der Waals surface area contributed by atoms with Crippen LogP contribution in [0.5, 0.6) is 0 Å². The van der Waals surface area contributed by atoms with Gasteiger partial charge in [0.25, 0.3) is 0 Å². The van der Waals surface area contributed by atoms with Gasteiger partial charge in [0.2, 0.25) is 0 Å². The SMILES string of the molecule is CCC(C)(C(C)P(c1ccc(C)cc1)c1ccc(C)cc1)C(C)P(c1ccc(C)cc1)c1ccc(C)cc1. The van der Waals surface area contributed by atoms with Crippen molar-refractivity contribution < 1.29 is 0 Å². The minimum Gasteiger partial charge on any atom is -0.0648 e. The van der Waals surface area contributed by atoms with Gasteiger partial charge in [-0.3, -0.25) is 0 Å². The van der Waals surface area contributed by atoms with Crippen molar-refractivity contribution in [3.05, 3.63) is 119 Å². The molecule has 0 N–H and O–H groups in total. The molecular weight excluding hydrogens is 494 g/mol. The van der Waals surface area contributed by atoms with Gasteiger partial charge in [-0.15, -0.1) is 0 Å². The fraction of sp³-hybridized carbons (Fsp3) is 0.333. The molecule has 4 rings (SSSR count). The summed E-state index contributed by atoms with van der Waals surface area (Å²) in [6, 6.07) is 37.5. The average molecular weight is 539 g/mol. The van der Waals surface area contributed by atoms with Crippen LogP contribution in [0.3, 0.4) is 0 Å². The van der Waals surface area contributed by atoms with Crippen LogP contribution in [0.4, 0.5) is 0 Å². The highest BCUT2D eigenvalue weighted by Gasteiger charge is 2.43. The van der Waals surface area contributed by atoms with Crippen molar-refractivity contribution >= 4 is 37.1 Å². The summed E-state index contributed by atoms with van der Waals surface area (Å²) in [7, 11) is -1.05. The highest BCUT2D eigenvalue weighted by atomic mass is 31.1. The number of aryl methyl sites for hydroxylation is 4. The van der Waals surface area contributed by atoms with Gasteiger partial charge >= 0.3 is 0 Å². The molecule has 4 aromatic carbocycles. The second kappa shape index (κ2) is 12.3. The molecule has 2 unspecified atom stereocenters. The summed E-state index contributed by atoms with van der Waals surface area (Å²) in [6.07, 6.45) is 1.16. The molecule has 0 spiro atoms. The zero-order valence-electron chi connectivity index (χ0n) is 24.5. The molecule has 0 aromatic heterocycles. The third kappa shape index (κ3) is 6.14. The smallest absolute Gasteiger partial charge is 0.00972 e. The molecule has 0 saturated carbocycles. The van der Waals surface area contributed by atoms with Crippen molar-refractivity contribution in [2.75, 3.05) is 0 Å². The fourth-order valence-corrected chi connectivity index (χ4v) is 11.9. The molecule has 0 amide bonds. The second-order valence-corrected chi connectivity index (χ2v) is 16.4. The van der Waals surface area contributed by atoms with E-state index >= 15 is 0 Å². The van der Waals surface area contributed by atoms with E-state index in [1.54, 1.807) is 0 Å². The monoisotopic (exact) mass is 538 g/mol. The molecule has 0 bridgehead atoms. The summed E-state index contributed by atoms with van der Waals surface area (Å²) in [5.74, 6) is 0. The molecule has 0 aliphatic rings. The van der Waals surface area contributed by atoms with Crippen LogP contribution >= 0.6 is 15.8 Å². The van der Waals surface area contributed by atoms with Crippen molar-refractivity contribution in [3.8, 4) is 0 Å². The van der Waals surface area contributed by atoms with Crippen LogP contribution in [0.15, 0.2) is 97.1 Å². The lowest BCUT2D eigenvalue weighted by Gasteiger charge is -2.47. The number of hydrogen-bond acceptors (Lipinski definition) is 0. The molecule has 0 heterocycles. The molecular formula is C36H44P2. The van der Waals surface area contributed by atoms with Crippen LogP contribution in [-0.2, 0) is 0 Å². The number of hydrogen-bond donors (Lipinski definition) is 0. The lowest BCUT2D eigenvalue weighted by atomic mass is 9.81. The van der Waals surface area contributed by atoms with Crippen LogP contribution in [0.25, 0.3) is 0 Å². The van der Waals surface area contributed by atoms with Crippen LogP contribution in [-0.4, -0.2) is 11.3 Å². The van der Waals surface area contributed by atoms with Crippen LogP contribution < -0.4 is 21.2 Å². The van der Waals surface area contributed by atoms with Crippen molar-refractivity contribution in [1.82, 2.24) is 0 Å². The van der Waals surface area contributed by atoms with E-state index in [2.05, 4.69) is 152 Å². The van der Waals surface area contributed by atoms with Crippen molar-refractivity contribution in [2.24, 2.45) is 5.41 Å². The molecule has 0 fully saturated rings. The largest absolute Gasteiger partial charge is 0.0648 e. The minimum absolute atomic E-state index is 0.156. The first-order valence-electron chi connectivity index (χ1n) is 14.0. The summed E-state index contributed by atoms with van der Waals surface area (Å²) in [5.41, 5.74) is 6.50. The Kier molecular flexibility index (Phi) is 9.29. The quantitative estimate of drug-likeness (QED) is 0.187. The Balaban J connectivity index is 1.83. The zero-order valence-corrected chi connectivity index (χ0v) is 26.3. The summed E-state index contributed by atoms with van der Waals surface area (Å²) < 4.78 is 0. The Bertz CT molecular complexity index is 1110. The topological polar surface area (TPSA) is 0 Å². The molecule has 0 aliphatic carbocycles. The third-order valence-electron chi connectivity index (χ3n) is 8.69. The van der Waals surface area contributed by atoms with Gasteiger partial charge in [-0.2, -0.15) is 0 Å². The third-order valence-corrected chi connectivity index (χ3v) is 14.8. The molecule has 0 nitrogen and oxygen atoms in total. The van der Waals surface area contributed by atoms with Gasteiger partial charge < -0.3 is 0 Å². The van der Waals surface area contributed by atoms with E-state index < -0.39 is 15.8 Å². The first-order valence-corrected chi connectivity index (χ1v) is 16.8. The predicted molar refractivity (Wildman–Crippen MR) is 174 cm³/mol. The lowest BCUT2D eigenvalue weighted by Crippen LogP contribution is -2.43. The normalized spacial score (nSPS) is 14.9. The Hall–Kier alpha value is -2.26. The Morgan fingerprint density at radius 1 is 0.474 bits per heavy atom. The Morgan fingerprint density at radius 3 is 0.868 bits per heavy atom. The number of rotatable bonds is 9. The van der Waals surface area contributed by atoms with Crippen LogP contribution in [0.2, 0.25) is 0 Å². The van der Waals surface area contributed by atoms with Gasteiger partial charge in [0.15, 0.2) is 0 Å². The molecule has 2 atom stereocenters. The summed E-state index contributed by atoms with van der Waals surface area (Å²) in [6.45, 7) is 18.9. The predicted octanol–water partition coefficient (Wildman–Crippen LogP) is 8.68. The zero-order chi connectivity index (χ0) is 27.4. The van der Waals surface area contributed by atoms with Crippen LogP contribution in [0.1, 0.15) is 56.4 Å². The maximum atomic E-state index is 2.58. The van der Waals surface area contributed by atoms with E-state index in [-0.39, 0.29) is 5.41 Å². The summed E-state index contributed by atoms with van der Waals surface area (Å²) in [5, 5.41) is 5.96. The van der Waals surface area contributed by atoms with Gasteiger partial charge in [0.1, 0.15) is 0 Å². The highest BCUT2D eigenvalue weighted by Crippen LogP contribution is 2.57. The average Bonchev–Trinajstić information content (AvgIpc) is 2.92. The van der Waals surface area contributed by atoms with E-state index in [9.17, 15) is 0 Å². The van der Waals surface area contributed by atoms with Gasteiger partial charge in [0.05, 0.1) is 0 Å². The van der Waals surface area contributed by atoms with Crippen molar-refractivity contribution in [3.63, 3.8) is 0 Å². The standard InChI is InChI=1S/C36H44P2/c1-9-36(8,30(6)37(32-18-10-26(2)11-19-32)33-20-12-27(3)13-21-33)31(7)38(34-22-14-28(4)15-23-34)35-24-16-29(5)17-25-35/h10-25,30-31H,9H2,1-8H3. The van der Waals surface area contributed by atoms with Crippen molar-refractivity contribution in [1.29, 1.82) is 0 Å². The van der Waals surface area contributed by atoms with E-state index in [1.807, 2.05) is 0 Å². The Labute approximate surface area is 234 Å². The highest BCUT2D eigenvalue weighted by molar-refractivity contribution is 7.74. The first-order chi connectivity index (χ1) is 18.1. The summed E-state index contributed by atoms with van der Waals surface area (Å²) in [4.78, 5) is 0. The molecule has 4 aromatic rings. The molecule has 0 radical (unpaired) electrons. The maximum absolute atomic E-state index is 2.58. The number of benzene rings is 4. The van der Waals surface area contributed by atoms with Gasteiger partial charge in [0, 0.05) is 0 Å². The molecule has 2 heteroatoms. The van der Waals surface area contributed by atoms with Gasteiger partial charge in [-0.25, -0.2) is 0 Å². The van der Waals surface area contributed by atoms with E-state index in [4.69, 9.17) is 0 Å². The van der Waals surface area contributed by atoms with Gasteiger partial charge in [-0.05, 0) is 87.9 Å². The Morgan fingerprint density at radius 2 is 0.684 bits per heavy atom. The van der Waals surface area contributed by atoms with E-state index in [0.717, 1.165) is 6.42 Å². The first kappa shape index (κ1) is 28.7. The second-order valence-electron chi connectivity index (χ2n) is 11.3. The minimum atomic E-state index is -0.526. The molecule has 198 valence electrons. The summed E-state index contributed by atoms with van der Waals surface area (Å²) >= 11 is 0.